The summed E-state index contributed by atoms with van der Waals surface area (Å²) >= 11 is 1.41. The number of alkyl halides is 3. The van der Waals surface area contributed by atoms with Crippen molar-refractivity contribution in [2.24, 2.45) is 5.92 Å². The number of carbonyl (C=O) groups excluding carboxylic acids is 4. The van der Waals surface area contributed by atoms with Gasteiger partial charge in [-0.2, -0.15) is 13.2 Å². The molecule has 2 aromatic heterocycles. The molecule has 1 aromatic carbocycles. The lowest BCUT2D eigenvalue weighted by molar-refractivity contribution is -0.142. The van der Waals surface area contributed by atoms with Crippen molar-refractivity contribution < 1.29 is 50.2 Å². The summed E-state index contributed by atoms with van der Waals surface area (Å²) in [5, 5.41) is 6.39. The molecule has 19 heteroatoms. The van der Waals surface area contributed by atoms with Crippen LogP contribution in [0.2, 0.25) is 0 Å². The molecule has 4 amide bonds. The van der Waals surface area contributed by atoms with Crippen LogP contribution in [-0.2, 0) is 29.1 Å². The standard InChI is InChI=1S/C37H41F3N6O8S2/c38-37(39,40)16-17-53-35(50)43-27-12-5-3-1-2-4-9-22-20-36(22,34(49)45-56(51,52)24-14-15-24)44-31(47)28-19-23(21-46(28)33(27)48)54-32-30(29-13-8-18-55-29)41-25-10-6-7-11-26(25)42-32/h4,6-11,13,18,22-24,27-28H,1-3,5,12,14-17,19-21H2,(H,43,50)(H,44,47)(H,45,49)/b9-4+/t22?,23-,27-,28+,36-/m1/s1. The number of nitrogens with one attached hydrogen (secondary N) is 3. The predicted octanol–water partition coefficient (Wildman–Crippen LogP) is 4.76. The molecule has 300 valence electrons. The van der Waals surface area contributed by atoms with E-state index in [9.17, 15) is 40.8 Å². The summed E-state index contributed by atoms with van der Waals surface area (Å²) in [4.78, 5) is 66.7. The summed E-state index contributed by atoms with van der Waals surface area (Å²) in [6, 6.07) is 8.35. The molecule has 2 saturated carbocycles. The second-order valence-electron chi connectivity index (χ2n) is 14.5. The molecule has 3 aromatic rings. The summed E-state index contributed by atoms with van der Waals surface area (Å²) < 4.78 is 77.3. The zero-order chi connectivity index (χ0) is 39.7. The second-order valence-corrected chi connectivity index (χ2v) is 17.4. The van der Waals surface area contributed by atoms with Crippen molar-refractivity contribution in [1.82, 2.24) is 30.2 Å². The zero-order valence-corrected chi connectivity index (χ0v) is 31.8. The number of ether oxygens (including phenoxy) is 2. The molecule has 1 saturated heterocycles. The van der Waals surface area contributed by atoms with Gasteiger partial charge in [0.2, 0.25) is 27.7 Å². The number of para-hydroxylation sites is 2. The number of nitrogens with zero attached hydrogens (tertiary/aromatic N) is 3. The normalized spacial score (nSPS) is 26.5. The van der Waals surface area contributed by atoms with Crippen LogP contribution in [0.4, 0.5) is 18.0 Å². The number of amides is 4. The van der Waals surface area contributed by atoms with Crippen molar-refractivity contribution in [1.29, 1.82) is 0 Å². The first-order valence-electron chi connectivity index (χ1n) is 18.5. The molecule has 5 atom stereocenters. The first-order chi connectivity index (χ1) is 26.7. The molecule has 1 unspecified atom stereocenters. The van der Waals surface area contributed by atoms with Crippen LogP contribution in [-0.4, -0.2) is 95.4 Å². The molecule has 3 N–H and O–H groups in total. The number of benzene rings is 1. The SMILES string of the molecule is O=C(N[C@@H]1CCCCC/C=C/C2C[C@@]2(C(=O)NS(=O)(=O)C2CC2)NC(=O)[C@@H]2C[C@@H](Oc3nc4ccccc4nc3-c3cccs3)CN2C1=O)OCCC(F)(F)F. The number of thiophene rings is 1. The lowest BCUT2D eigenvalue weighted by Crippen LogP contribution is -2.58. The van der Waals surface area contributed by atoms with Crippen molar-refractivity contribution in [3.8, 4) is 16.5 Å². The van der Waals surface area contributed by atoms with Crippen LogP contribution in [0.1, 0.15) is 64.2 Å². The van der Waals surface area contributed by atoms with Gasteiger partial charge in [0, 0.05) is 12.3 Å². The van der Waals surface area contributed by atoms with E-state index >= 15 is 0 Å². The van der Waals surface area contributed by atoms with Crippen molar-refractivity contribution in [3.05, 3.63) is 53.9 Å². The average molecular weight is 819 g/mol. The van der Waals surface area contributed by atoms with E-state index in [1.54, 1.807) is 18.2 Å². The molecule has 56 heavy (non-hydrogen) atoms. The van der Waals surface area contributed by atoms with Gasteiger partial charge < -0.3 is 25.0 Å². The van der Waals surface area contributed by atoms with Gasteiger partial charge in [-0.15, -0.1) is 11.3 Å². The second kappa shape index (κ2) is 16.0. The molecular formula is C37H41F3N6O8S2. The fraction of sp³-hybridized carbons (Fsp3) is 0.514. The number of sulfonamides is 1. The largest absolute Gasteiger partial charge is 0.471 e. The van der Waals surface area contributed by atoms with Gasteiger partial charge in [0.15, 0.2) is 0 Å². The number of allylic oxidation sites excluding steroid dienone is 1. The van der Waals surface area contributed by atoms with Crippen molar-refractivity contribution in [2.75, 3.05) is 13.2 Å². The number of hydrogen-bond acceptors (Lipinski definition) is 11. The summed E-state index contributed by atoms with van der Waals surface area (Å²) in [5.74, 6) is -2.67. The lowest BCUT2D eigenvalue weighted by atomic mass is 10.1. The molecule has 0 radical (unpaired) electrons. The fourth-order valence-corrected chi connectivity index (χ4v) is 9.16. The Morgan fingerprint density at radius 2 is 1.80 bits per heavy atom. The molecule has 2 aliphatic heterocycles. The highest BCUT2D eigenvalue weighted by molar-refractivity contribution is 7.91. The summed E-state index contributed by atoms with van der Waals surface area (Å²) in [6.45, 7) is -1.12. The van der Waals surface area contributed by atoms with Gasteiger partial charge in [-0.3, -0.25) is 19.1 Å². The first kappa shape index (κ1) is 39.5. The Bertz CT molecular complexity index is 2110. The van der Waals surface area contributed by atoms with E-state index in [2.05, 4.69) is 15.4 Å². The highest BCUT2D eigenvalue weighted by atomic mass is 32.2. The number of rotatable bonds is 9. The maximum atomic E-state index is 14.4. The Hall–Kier alpha value is -4.78. The number of fused-ring (bicyclic) bond motifs is 3. The van der Waals surface area contributed by atoms with E-state index in [-0.39, 0.29) is 31.7 Å². The summed E-state index contributed by atoms with van der Waals surface area (Å²) in [5.41, 5.74) is 0.00701. The van der Waals surface area contributed by atoms with Crippen LogP contribution in [0.15, 0.2) is 53.9 Å². The van der Waals surface area contributed by atoms with Gasteiger partial charge in [-0.1, -0.05) is 43.2 Å². The smallest absolute Gasteiger partial charge is 0.407 e. The minimum Gasteiger partial charge on any atom is -0.471 e. The van der Waals surface area contributed by atoms with Crippen LogP contribution in [0.25, 0.3) is 21.6 Å². The van der Waals surface area contributed by atoms with Gasteiger partial charge in [0.25, 0.3) is 5.91 Å². The van der Waals surface area contributed by atoms with E-state index in [4.69, 9.17) is 19.4 Å². The minimum atomic E-state index is -4.56. The van der Waals surface area contributed by atoms with E-state index in [1.807, 2.05) is 35.7 Å². The monoisotopic (exact) mass is 818 g/mol. The molecule has 7 rings (SSSR count). The third kappa shape index (κ3) is 9.09. The molecule has 3 fully saturated rings. The van der Waals surface area contributed by atoms with Gasteiger partial charge in [0.05, 0.1) is 34.1 Å². The third-order valence-electron chi connectivity index (χ3n) is 10.3. The topological polar surface area (TPSA) is 186 Å². The van der Waals surface area contributed by atoms with E-state index in [0.29, 0.717) is 55.3 Å². The highest BCUT2D eigenvalue weighted by Crippen LogP contribution is 2.46. The first-order valence-corrected chi connectivity index (χ1v) is 21.0. The quantitative estimate of drug-likeness (QED) is 0.255. The lowest BCUT2D eigenvalue weighted by Gasteiger charge is -2.29. The number of hydrogen-bond donors (Lipinski definition) is 3. The highest BCUT2D eigenvalue weighted by Gasteiger charge is 2.62. The van der Waals surface area contributed by atoms with Crippen LogP contribution >= 0.6 is 11.3 Å². The Morgan fingerprint density at radius 3 is 2.52 bits per heavy atom. The Balaban J connectivity index is 1.19. The van der Waals surface area contributed by atoms with E-state index < -0.39 is 87.9 Å². The number of carbonyl (C=O) groups is 4. The van der Waals surface area contributed by atoms with Crippen LogP contribution in [0.3, 0.4) is 0 Å². The number of alkyl carbamates (subject to hydrolysis) is 1. The number of aromatic nitrogens is 2. The number of halogens is 3. The van der Waals surface area contributed by atoms with Gasteiger partial charge in [0.1, 0.15) is 36.0 Å². The third-order valence-corrected chi connectivity index (χ3v) is 13.0. The average Bonchev–Trinajstić information content (AvgIpc) is 4.01. The molecule has 0 spiro atoms. The van der Waals surface area contributed by atoms with Crippen LogP contribution in [0.5, 0.6) is 5.88 Å². The molecule has 2 aliphatic carbocycles. The van der Waals surface area contributed by atoms with Crippen molar-refractivity contribution >= 4 is 56.2 Å². The maximum absolute atomic E-state index is 14.4. The minimum absolute atomic E-state index is 0.0860. The van der Waals surface area contributed by atoms with Crippen molar-refractivity contribution in [2.45, 2.75) is 99.4 Å². The molecule has 14 nitrogen and oxygen atoms in total. The Labute approximate surface area is 324 Å². The molecule has 0 bridgehead atoms. The van der Waals surface area contributed by atoms with Crippen LogP contribution in [0, 0.1) is 5.92 Å². The predicted molar refractivity (Wildman–Crippen MR) is 198 cm³/mol. The molecular weight excluding hydrogens is 778 g/mol. The zero-order valence-electron chi connectivity index (χ0n) is 30.1. The van der Waals surface area contributed by atoms with Crippen molar-refractivity contribution in [3.63, 3.8) is 0 Å². The van der Waals surface area contributed by atoms with Gasteiger partial charge in [-0.05, 0) is 62.1 Å². The van der Waals surface area contributed by atoms with Gasteiger partial charge in [-0.25, -0.2) is 23.2 Å². The van der Waals surface area contributed by atoms with E-state index in [1.165, 1.54) is 16.2 Å². The Kier molecular flexibility index (Phi) is 11.3. The van der Waals surface area contributed by atoms with Crippen LogP contribution < -0.4 is 20.1 Å². The maximum Gasteiger partial charge on any atom is 0.407 e. The summed E-state index contributed by atoms with van der Waals surface area (Å²) in [6.07, 6.45) is -1.03. The Morgan fingerprint density at radius 1 is 1.04 bits per heavy atom. The molecule has 4 aliphatic rings. The molecule has 4 heterocycles. The van der Waals surface area contributed by atoms with E-state index in [0.717, 1.165) is 4.88 Å². The fourth-order valence-electron chi connectivity index (χ4n) is 7.09. The van der Waals surface area contributed by atoms with Gasteiger partial charge >= 0.3 is 12.3 Å². The summed E-state index contributed by atoms with van der Waals surface area (Å²) in [7, 11) is -3.96.